The molecule has 0 amide bonds. The minimum absolute atomic E-state index is 0.0869. The van der Waals surface area contributed by atoms with E-state index in [0.717, 1.165) is 0 Å². The van der Waals surface area contributed by atoms with E-state index in [2.05, 4.69) is 17.1 Å². The monoisotopic (exact) mass is 313 g/mol. The lowest BCUT2D eigenvalue weighted by Gasteiger charge is -2.24. The number of benzene rings is 1. The van der Waals surface area contributed by atoms with Gasteiger partial charge in [0.15, 0.2) is 10.8 Å². The van der Waals surface area contributed by atoms with Crippen molar-refractivity contribution in [1.29, 1.82) is 10.5 Å². The van der Waals surface area contributed by atoms with Crippen molar-refractivity contribution >= 4 is 5.84 Å². The first-order chi connectivity index (χ1) is 11.0. The summed E-state index contributed by atoms with van der Waals surface area (Å²) in [5.74, 6) is -2.67. The van der Waals surface area contributed by atoms with Crippen molar-refractivity contribution in [2.45, 2.75) is 24.9 Å². The average Bonchev–Trinajstić information content (AvgIpc) is 2.91. The number of fused-ring (bicyclic) bond motifs is 2. The highest BCUT2D eigenvalue weighted by atomic mass is 19.1. The molecular formula is C16H14FN4O2+. The first-order valence-electron chi connectivity index (χ1n) is 7.29. The van der Waals surface area contributed by atoms with Crippen LogP contribution in [0.25, 0.3) is 0 Å². The molecule has 1 spiro atoms. The van der Waals surface area contributed by atoms with Crippen LogP contribution in [0, 0.1) is 39.3 Å². The van der Waals surface area contributed by atoms with Crippen molar-refractivity contribution in [3.05, 3.63) is 35.6 Å². The highest BCUT2D eigenvalue weighted by Gasteiger charge is 2.98. The van der Waals surface area contributed by atoms with Crippen LogP contribution in [0.2, 0.25) is 0 Å². The standard InChI is InChI=1S/C16H13FN4O2/c1-9-6-22-16(23-9)15(8-19)12(10-4-2-3-5-11(10)17)14(15,7-18)13(20)21-16/h2-5,9,12H,6H2,1H3,(H2,20,21)/p+1/t9-,12+,14+,15+,16-/m0/s1. The summed E-state index contributed by atoms with van der Waals surface area (Å²) in [6.45, 7) is 2.06. The second kappa shape index (κ2) is 4.08. The van der Waals surface area contributed by atoms with Gasteiger partial charge >= 0.3 is 5.91 Å². The zero-order valence-corrected chi connectivity index (χ0v) is 12.3. The Kier molecular flexibility index (Phi) is 2.51. The summed E-state index contributed by atoms with van der Waals surface area (Å²) in [7, 11) is 0. The van der Waals surface area contributed by atoms with Crippen LogP contribution in [0.15, 0.2) is 24.3 Å². The number of nitriles is 2. The molecule has 0 bridgehead atoms. The molecule has 1 aromatic rings. The Morgan fingerprint density at radius 3 is 2.65 bits per heavy atom. The van der Waals surface area contributed by atoms with E-state index in [1.807, 2.05) is 0 Å². The first kappa shape index (κ1) is 14.1. The summed E-state index contributed by atoms with van der Waals surface area (Å²) < 4.78 is 25.8. The SMILES string of the molecule is C[C@H]1CO[C@]2([NH+]=C(N)[C@@]3(C#N)[C@@H](c4ccccc4F)[C@@]23C#N)O1. The number of nitrogens with two attached hydrogens (primary N) is 1. The molecule has 3 aliphatic rings. The molecule has 0 unspecified atom stereocenters. The van der Waals surface area contributed by atoms with Crippen LogP contribution in [-0.2, 0) is 9.47 Å². The molecule has 1 saturated carbocycles. The van der Waals surface area contributed by atoms with Gasteiger partial charge in [-0.3, -0.25) is 5.73 Å². The van der Waals surface area contributed by atoms with Crippen molar-refractivity contribution in [3.63, 3.8) is 0 Å². The summed E-state index contributed by atoms with van der Waals surface area (Å²) in [6, 6.07) is 10.4. The lowest BCUT2D eigenvalue weighted by molar-refractivity contribution is -0.677. The molecule has 4 rings (SSSR count). The van der Waals surface area contributed by atoms with Gasteiger partial charge in [0.05, 0.1) is 24.8 Å². The maximum atomic E-state index is 14.3. The van der Waals surface area contributed by atoms with E-state index in [4.69, 9.17) is 15.2 Å². The van der Waals surface area contributed by atoms with E-state index in [-0.39, 0.29) is 24.1 Å². The fourth-order valence-electron chi connectivity index (χ4n) is 4.14. The lowest BCUT2D eigenvalue weighted by atomic mass is 9.94. The van der Waals surface area contributed by atoms with E-state index in [1.54, 1.807) is 25.1 Å². The van der Waals surface area contributed by atoms with Crippen LogP contribution < -0.4 is 10.7 Å². The van der Waals surface area contributed by atoms with Crippen LogP contribution in [-0.4, -0.2) is 24.5 Å². The van der Waals surface area contributed by atoms with Gasteiger partial charge in [-0.05, 0) is 18.6 Å². The lowest BCUT2D eigenvalue weighted by Crippen LogP contribution is -2.90. The highest BCUT2D eigenvalue weighted by molar-refractivity contribution is 5.95. The third kappa shape index (κ3) is 1.28. The molecule has 2 heterocycles. The maximum Gasteiger partial charge on any atom is 0.343 e. The zero-order chi connectivity index (χ0) is 16.5. The Morgan fingerprint density at radius 1 is 1.35 bits per heavy atom. The van der Waals surface area contributed by atoms with E-state index >= 15 is 0 Å². The highest BCUT2D eigenvalue weighted by Crippen LogP contribution is 2.79. The third-order valence-corrected chi connectivity index (χ3v) is 5.11. The van der Waals surface area contributed by atoms with Crippen molar-refractivity contribution < 1.29 is 18.9 Å². The van der Waals surface area contributed by atoms with Crippen molar-refractivity contribution in [1.82, 2.24) is 0 Å². The molecule has 1 aromatic carbocycles. The molecule has 7 heteroatoms. The third-order valence-electron chi connectivity index (χ3n) is 5.11. The Bertz CT molecular complexity index is 828. The Labute approximate surface area is 131 Å². The largest absolute Gasteiger partial charge is 0.343 e. The molecule has 23 heavy (non-hydrogen) atoms. The minimum Gasteiger partial charge on any atom is -0.311 e. The molecule has 2 aliphatic heterocycles. The van der Waals surface area contributed by atoms with Crippen molar-refractivity contribution in [2.24, 2.45) is 16.6 Å². The summed E-state index contributed by atoms with van der Waals surface area (Å²) in [4.78, 5) is 2.84. The minimum atomic E-state index is -1.52. The number of nitrogens with one attached hydrogen (secondary N) is 1. The normalized spacial score (nSPS) is 43.6. The smallest absolute Gasteiger partial charge is 0.311 e. The van der Waals surface area contributed by atoms with Gasteiger partial charge in [0, 0.05) is 5.92 Å². The number of hydrogen-bond donors (Lipinski definition) is 2. The van der Waals surface area contributed by atoms with Crippen LogP contribution in [0.4, 0.5) is 4.39 Å². The molecule has 2 fully saturated rings. The molecule has 0 aromatic heterocycles. The van der Waals surface area contributed by atoms with Gasteiger partial charge in [-0.15, -0.1) is 0 Å². The molecule has 116 valence electrons. The second-order valence-corrected chi connectivity index (χ2v) is 6.19. The molecule has 3 N–H and O–H groups in total. The van der Waals surface area contributed by atoms with Gasteiger partial charge in [0.25, 0.3) is 5.84 Å². The molecule has 1 saturated heterocycles. The van der Waals surface area contributed by atoms with E-state index in [0.29, 0.717) is 0 Å². The first-order valence-corrected chi connectivity index (χ1v) is 7.29. The number of amidine groups is 1. The second-order valence-electron chi connectivity index (χ2n) is 6.19. The Balaban J connectivity index is 1.95. The van der Waals surface area contributed by atoms with Gasteiger partial charge < -0.3 is 9.47 Å². The van der Waals surface area contributed by atoms with Crippen molar-refractivity contribution in [3.8, 4) is 12.1 Å². The number of hydrogen-bond acceptors (Lipinski definition) is 5. The summed E-state index contributed by atoms with van der Waals surface area (Å²) in [5, 5.41) is 19.7. The summed E-state index contributed by atoms with van der Waals surface area (Å²) in [5.41, 5.74) is 3.52. The van der Waals surface area contributed by atoms with E-state index < -0.39 is 28.5 Å². The maximum absolute atomic E-state index is 14.3. The zero-order valence-electron chi connectivity index (χ0n) is 12.3. The summed E-state index contributed by atoms with van der Waals surface area (Å²) >= 11 is 0. The van der Waals surface area contributed by atoms with Gasteiger partial charge in [-0.25, -0.2) is 9.38 Å². The van der Waals surface area contributed by atoms with Gasteiger partial charge in [0.1, 0.15) is 5.82 Å². The predicted molar refractivity (Wildman–Crippen MR) is 74.6 cm³/mol. The molecule has 0 radical (unpaired) electrons. The number of halogens is 1. The van der Waals surface area contributed by atoms with Gasteiger partial charge in [0.2, 0.25) is 0 Å². The molecule has 6 nitrogen and oxygen atoms in total. The fourth-order valence-corrected chi connectivity index (χ4v) is 4.14. The van der Waals surface area contributed by atoms with Crippen molar-refractivity contribution in [2.75, 3.05) is 6.61 Å². The predicted octanol–water partition coefficient (Wildman–Crippen LogP) is -0.517. The number of ether oxygens (including phenoxy) is 2. The fraction of sp³-hybridized carbons (Fsp3) is 0.438. The molecule has 5 atom stereocenters. The van der Waals surface area contributed by atoms with E-state index in [1.165, 1.54) is 6.07 Å². The molecule has 1 aliphatic carbocycles. The van der Waals surface area contributed by atoms with Gasteiger partial charge in [-0.1, -0.05) is 18.2 Å². The Morgan fingerprint density at radius 2 is 2.09 bits per heavy atom. The molecular weight excluding hydrogens is 299 g/mol. The van der Waals surface area contributed by atoms with Crippen LogP contribution >= 0.6 is 0 Å². The van der Waals surface area contributed by atoms with E-state index in [9.17, 15) is 14.9 Å². The quantitative estimate of drug-likeness (QED) is 0.726. The number of nitrogens with zero attached hydrogens (tertiary/aromatic N) is 2. The van der Waals surface area contributed by atoms with Crippen LogP contribution in [0.5, 0.6) is 0 Å². The Hall–Kier alpha value is -2.48. The van der Waals surface area contributed by atoms with Crippen LogP contribution in [0.1, 0.15) is 18.4 Å². The topological polar surface area (TPSA) is 106 Å². The summed E-state index contributed by atoms with van der Waals surface area (Å²) in [6.07, 6.45) is -0.267. The van der Waals surface area contributed by atoms with Crippen LogP contribution in [0.3, 0.4) is 0 Å². The average molecular weight is 313 g/mol. The van der Waals surface area contributed by atoms with Gasteiger partial charge in [-0.2, -0.15) is 10.5 Å². The number of rotatable bonds is 1.